The van der Waals surface area contributed by atoms with E-state index in [0.29, 0.717) is 0 Å². The molecule has 0 nitrogen and oxygen atoms in total. The first-order valence-corrected chi connectivity index (χ1v) is 5.30. The van der Waals surface area contributed by atoms with Crippen LogP contribution in [-0.4, -0.2) is 0 Å². The van der Waals surface area contributed by atoms with Gasteiger partial charge in [0.2, 0.25) is 0 Å². The van der Waals surface area contributed by atoms with Gasteiger partial charge in [0.1, 0.15) is 0 Å². The summed E-state index contributed by atoms with van der Waals surface area (Å²) >= 11 is 0. The van der Waals surface area contributed by atoms with Gasteiger partial charge in [-0.1, -0.05) is 43.6 Å². The fraction of sp³-hybridized carbons (Fsp3) is 0.667. The summed E-state index contributed by atoms with van der Waals surface area (Å²) in [5.74, 6) is 1.75. The van der Waals surface area contributed by atoms with Gasteiger partial charge in [-0.2, -0.15) is 0 Å². The Labute approximate surface area is 75.4 Å². The molecular formula is C12H18. The van der Waals surface area contributed by atoms with Crippen molar-refractivity contribution in [2.75, 3.05) is 0 Å². The minimum absolute atomic E-state index is 0.829. The van der Waals surface area contributed by atoms with Crippen LogP contribution in [-0.2, 0) is 0 Å². The van der Waals surface area contributed by atoms with E-state index in [-0.39, 0.29) is 0 Å². The predicted molar refractivity (Wildman–Crippen MR) is 53.0 cm³/mol. The summed E-state index contributed by atoms with van der Waals surface area (Å²) < 4.78 is 0. The van der Waals surface area contributed by atoms with E-state index in [1.165, 1.54) is 32.1 Å². The van der Waals surface area contributed by atoms with Gasteiger partial charge in [0, 0.05) is 0 Å². The molecule has 0 radical (unpaired) electrons. The van der Waals surface area contributed by atoms with Gasteiger partial charge in [0.05, 0.1) is 0 Å². The molecule has 66 valence electrons. The van der Waals surface area contributed by atoms with Crippen LogP contribution in [0.5, 0.6) is 0 Å². The Balaban J connectivity index is 2.05. The minimum atomic E-state index is 0.829. The zero-order chi connectivity index (χ0) is 8.39. The second kappa shape index (κ2) is 3.47. The molecule has 0 N–H and O–H groups in total. The monoisotopic (exact) mass is 162 g/mol. The molecule has 0 heteroatoms. The van der Waals surface area contributed by atoms with Crippen molar-refractivity contribution in [3.63, 3.8) is 0 Å². The maximum Gasteiger partial charge on any atom is -0.00143 e. The van der Waals surface area contributed by atoms with E-state index in [2.05, 4.69) is 25.2 Å². The first-order chi connectivity index (χ1) is 5.92. The van der Waals surface area contributed by atoms with Crippen LogP contribution in [0.1, 0.15) is 39.0 Å². The quantitative estimate of drug-likeness (QED) is 0.580. The average molecular weight is 162 g/mol. The summed E-state index contributed by atoms with van der Waals surface area (Å²) in [6, 6.07) is 0. The van der Waals surface area contributed by atoms with E-state index in [1.807, 2.05) is 0 Å². The lowest BCUT2D eigenvalue weighted by molar-refractivity contribution is 0.388. The highest BCUT2D eigenvalue weighted by Crippen LogP contribution is 2.39. The molecule has 2 atom stereocenters. The van der Waals surface area contributed by atoms with Crippen LogP contribution in [0.2, 0.25) is 0 Å². The smallest absolute Gasteiger partial charge is 0.00143 e. The lowest BCUT2D eigenvalue weighted by Gasteiger charge is -2.28. The maximum absolute atomic E-state index is 2.39. The number of hydrogen-bond donors (Lipinski definition) is 0. The number of hydrogen-bond acceptors (Lipinski definition) is 0. The Bertz CT molecular complexity index is 208. The highest BCUT2D eigenvalue weighted by Gasteiger charge is 2.26. The second-order valence-electron chi connectivity index (χ2n) is 4.07. The molecule has 2 rings (SSSR count). The van der Waals surface area contributed by atoms with Crippen molar-refractivity contribution in [3.8, 4) is 0 Å². The second-order valence-corrected chi connectivity index (χ2v) is 4.07. The third kappa shape index (κ3) is 1.35. The first kappa shape index (κ1) is 8.10. The van der Waals surface area contributed by atoms with Crippen molar-refractivity contribution in [2.45, 2.75) is 39.0 Å². The summed E-state index contributed by atoms with van der Waals surface area (Å²) in [5.41, 5.74) is 1.74. The van der Waals surface area contributed by atoms with Gasteiger partial charge in [-0.3, -0.25) is 0 Å². The summed E-state index contributed by atoms with van der Waals surface area (Å²) in [7, 11) is 0. The average Bonchev–Trinajstić information content (AvgIpc) is 2.53. The van der Waals surface area contributed by atoms with Crippen LogP contribution in [0, 0.1) is 11.8 Å². The molecule has 0 aromatic carbocycles. The summed E-state index contributed by atoms with van der Waals surface area (Å²) in [6.45, 7) is 2.30. The predicted octanol–water partition coefficient (Wildman–Crippen LogP) is 3.70. The molecule has 0 bridgehead atoms. The minimum Gasteiger partial charge on any atom is -0.0773 e. The van der Waals surface area contributed by atoms with Gasteiger partial charge in [0.15, 0.2) is 0 Å². The van der Waals surface area contributed by atoms with E-state index in [1.54, 1.807) is 5.57 Å². The van der Waals surface area contributed by atoms with Gasteiger partial charge in [-0.15, -0.1) is 0 Å². The molecular weight excluding hydrogens is 144 g/mol. The summed E-state index contributed by atoms with van der Waals surface area (Å²) in [5, 5.41) is 0. The Morgan fingerprint density at radius 2 is 2.33 bits per heavy atom. The van der Waals surface area contributed by atoms with Crippen LogP contribution >= 0.6 is 0 Å². The molecule has 0 aliphatic heterocycles. The van der Waals surface area contributed by atoms with E-state index in [4.69, 9.17) is 0 Å². The van der Waals surface area contributed by atoms with E-state index in [9.17, 15) is 0 Å². The fourth-order valence-electron chi connectivity index (χ4n) is 2.65. The summed E-state index contributed by atoms with van der Waals surface area (Å²) in [6.07, 6.45) is 14.0. The maximum atomic E-state index is 2.39. The molecule has 2 unspecified atom stereocenters. The van der Waals surface area contributed by atoms with Gasteiger partial charge >= 0.3 is 0 Å². The van der Waals surface area contributed by atoms with Crippen LogP contribution in [0.15, 0.2) is 23.8 Å². The van der Waals surface area contributed by atoms with Crippen molar-refractivity contribution < 1.29 is 0 Å². The molecule has 0 amide bonds. The number of rotatable bonds is 2. The third-order valence-electron chi connectivity index (χ3n) is 3.24. The van der Waals surface area contributed by atoms with E-state index in [0.717, 1.165) is 11.8 Å². The van der Waals surface area contributed by atoms with Gasteiger partial charge in [-0.25, -0.2) is 0 Å². The lowest BCUT2D eigenvalue weighted by atomic mass is 9.77. The summed E-state index contributed by atoms with van der Waals surface area (Å²) in [4.78, 5) is 0. The largest absolute Gasteiger partial charge is 0.0773 e. The van der Waals surface area contributed by atoms with Crippen molar-refractivity contribution in [3.05, 3.63) is 23.8 Å². The molecule has 0 aromatic heterocycles. The number of fused-ring (bicyclic) bond motifs is 1. The Hall–Kier alpha value is -0.520. The van der Waals surface area contributed by atoms with Crippen molar-refractivity contribution in [2.24, 2.45) is 11.8 Å². The zero-order valence-corrected chi connectivity index (χ0v) is 7.92. The van der Waals surface area contributed by atoms with E-state index >= 15 is 0 Å². The van der Waals surface area contributed by atoms with Gasteiger partial charge in [-0.05, 0) is 31.1 Å². The molecule has 0 aromatic rings. The lowest BCUT2D eigenvalue weighted by Crippen LogP contribution is -2.16. The molecule has 0 heterocycles. The topological polar surface area (TPSA) is 0 Å². The van der Waals surface area contributed by atoms with Gasteiger partial charge < -0.3 is 0 Å². The van der Waals surface area contributed by atoms with Gasteiger partial charge in [0.25, 0.3) is 0 Å². The fourth-order valence-corrected chi connectivity index (χ4v) is 2.65. The van der Waals surface area contributed by atoms with Crippen LogP contribution in [0.25, 0.3) is 0 Å². The van der Waals surface area contributed by atoms with Crippen LogP contribution in [0.3, 0.4) is 0 Å². The van der Waals surface area contributed by atoms with Crippen molar-refractivity contribution >= 4 is 0 Å². The van der Waals surface area contributed by atoms with Crippen molar-refractivity contribution in [1.29, 1.82) is 0 Å². The third-order valence-corrected chi connectivity index (χ3v) is 3.24. The van der Waals surface area contributed by atoms with E-state index < -0.39 is 0 Å². The molecule has 1 fully saturated rings. The molecule has 0 saturated heterocycles. The van der Waals surface area contributed by atoms with Crippen LogP contribution < -0.4 is 0 Å². The van der Waals surface area contributed by atoms with Crippen LogP contribution in [0.4, 0.5) is 0 Å². The van der Waals surface area contributed by atoms with Crippen molar-refractivity contribution in [1.82, 2.24) is 0 Å². The molecule has 2 aliphatic carbocycles. The molecule has 0 spiro atoms. The Kier molecular flexibility index (Phi) is 2.34. The standard InChI is InChI=1S/C12H18/c1-2-5-10-6-3-7-11-8-4-9-12(10)11/h4,8-11H,2-3,5-7H2,1H3. The highest BCUT2D eigenvalue weighted by atomic mass is 14.3. The first-order valence-electron chi connectivity index (χ1n) is 5.30. The zero-order valence-electron chi connectivity index (χ0n) is 7.92. The molecule has 2 aliphatic rings. The SMILES string of the molecule is CCCC1CCCC2C=CC=C21. The molecule has 1 saturated carbocycles. The Morgan fingerprint density at radius 1 is 1.42 bits per heavy atom. The number of allylic oxidation sites excluding steroid dienone is 4. The normalized spacial score (nSPS) is 33.2. The highest BCUT2D eigenvalue weighted by molar-refractivity contribution is 5.30. The molecule has 12 heavy (non-hydrogen) atoms. The Morgan fingerprint density at radius 3 is 3.17 bits per heavy atom.